The molecule has 3 N–H and O–H groups in total. The maximum Gasteiger partial charge on any atom is 0.306 e. The quantitative estimate of drug-likeness (QED) is 0.380. The molecule has 0 spiro atoms. The number of nitrogens with zero attached hydrogens (tertiary/aromatic N) is 6. The Morgan fingerprint density at radius 1 is 1.22 bits per heavy atom. The number of carboxylic acid groups (broad SMARTS) is 1. The number of ether oxygens (including phenoxy) is 1. The van der Waals surface area contributed by atoms with Crippen LogP contribution in [0.15, 0.2) is 18.6 Å². The molecule has 0 radical (unpaired) electrons. The summed E-state index contributed by atoms with van der Waals surface area (Å²) in [6, 6.07) is 0. The smallest absolute Gasteiger partial charge is 0.306 e. The minimum absolute atomic E-state index is 0.154. The van der Waals surface area contributed by atoms with Crippen LogP contribution < -0.4 is 15.4 Å². The zero-order valence-corrected chi connectivity index (χ0v) is 20.7. The molecule has 1 saturated carbocycles. The van der Waals surface area contributed by atoms with Gasteiger partial charge in [-0.05, 0) is 39.0 Å². The van der Waals surface area contributed by atoms with Gasteiger partial charge in [0.1, 0.15) is 0 Å². The van der Waals surface area contributed by atoms with E-state index in [2.05, 4.69) is 35.7 Å². The number of aryl methyl sites for hydroxylation is 2. The van der Waals surface area contributed by atoms with Gasteiger partial charge in [-0.3, -0.25) is 9.48 Å². The molecule has 4 rings (SSSR count). The van der Waals surface area contributed by atoms with Crippen molar-refractivity contribution in [3.8, 4) is 17.1 Å². The standard InChI is InChI=1S/C24H31FN8O3/c1-4-8-26-22-18(25)11-28-24(32-22)29-12-19-17(10-30-33(19)3)21-27-13-20(14(2)31-21)36-16-7-5-6-15(9-16)23(34)35/h10-11,13,15-16H,4-9,12H2,1-3H3,(H,34,35)(H2,26,28,29,32)/t15-,16-/m0/s1. The van der Waals surface area contributed by atoms with Crippen LogP contribution in [0.25, 0.3) is 11.4 Å². The molecule has 1 aliphatic carbocycles. The maximum atomic E-state index is 13.9. The van der Waals surface area contributed by atoms with Gasteiger partial charge < -0.3 is 20.5 Å². The van der Waals surface area contributed by atoms with E-state index in [4.69, 9.17) is 4.74 Å². The summed E-state index contributed by atoms with van der Waals surface area (Å²) < 4.78 is 21.7. The van der Waals surface area contributed by atoms with E-state index in [0.717, 1.165) is 36.7 Å². The van der Waals surface area contributed by atoms with Gasteiger partial charge in [0.15, 0.2) is 23.2 Å². The topological polar surface area (TPSA) is 140 Å². The third-order valence-electron chi connectivity index (χ3n) is 6.21. The molecule has 192 valence electrons. The summed E-state index contributed by atoms with van der Waals surface area (Å²) in [5.74, 6) is -0.181. The van der Waals surface area contributed by atoms with Gasteiger partial charge in [0.05, 0.1) is 54.1 Å². The average Bonchev–Trinajstić information content (AvgIpc) is 3.24. The molecular formula is C24H31FN8O3. The molecule has 0 unspecified atom stereocenters. The molecule has 0 amide bonds. The highest BCUT2D eigenvalue weighted by molar-refractivity contribution is 5.70. The van der Waals surface area contributed by atoms with Crippen molar-refractivity contribution in [3.63, 3.8) is 0 Å². The molecule has 1 aliphatic rings. The number of hydrogen-bond donors (Lipinski definition) is 3. The Balaban J connectivity index is 1.47. The van der Waals surface area contributed by atoms with E-state index >= 15 is 0 Å². The van der Waals surface area contributed by atoms with Crippen LogP contribution >= 0.6 is 0 Å². The monoisotopic (exact) mass is 498 g/mol. The molecule has 12 heteroatoms. The summed E-state index contributed by atoms with van der Waals surface area (Å²) >= 11 is 0. The van der Waals surface area contributed by atoms with Crippen molar-refractivity contribution < 1.29 is 19.0 Å². The minimum atomic E-state index is -0.774. The molecule has 11 nitrogen and oxygen atoms in total. The second-order valence-electron chi connectivity index (χ2n) is 8.88. The fourth-order valence-electron chi connectivity index (χ4n) is 4.20. The zero-order chi connectivity index (χ0) is 25.7. The number of rotatable bonds is 10. The third-order valence-corrected chi connectivity index (χ3v) is 6.21. The van der Waals surface area contributed by atoms with Crippen molar-refractivity contribution in [2.45, 2.75) is 58.6 Å². The number of hydrogen-bond acceptors (Lipinski definition) is 9. The van der Waals surface area contributed by atoms with Crippen LogP contribution in [0, 0.1) is 18.7 Å². The van der Waals surface area contributed by atoms with Gasteiger partial charge in [-0.1, -0.05) is 6.92 Å². The number of anilines is 2. The number of aliphatic carboxylic acids is 1. The second kappa shape index (κ2) is 11.3. The van der Waals surface area contributed by atoms with Gasteiger partial charge in [0, 0.05) is 13.6 Å². The van der Waals surface area contributed by atoms with Crippen LogP contribution in [0.1, 0.15) is 50.4 Å². The first-order valence-corrected chi connectivity index (χ1v) is 12.1. The SMILES string of the molecule is CCCNc1nc(NCc2c(-c3ncc(O[C@H]4CCC[C@H](C(=O)O)C4)c(C)n3)cnn2C)ncc1F. The number of aromatic nitrogens is 6. The average molecular weight is 499 g/mol. The Morgan fingerprint density at radius 3 is 2.81 bits per heavy atom. The summed E-state index contributed by atoms with van der Waals surface area (Å²) in [4.78, 5) is 28.7. The Hall–Kier alpha value is -3.83. The van der Waals surface area contributed by atoms with E-state index in [0.29, 0.717) is 43.2 Å². The van der Waals surface area contributed by atoms with E-state index < -0.39 is 11.8 Å². The number of carboxylic acids is 1. The van der Waals surface area contributed by atoms with Crippen LogP contribution in [0.5, 0.6) is 5.75 Å². The lowest BCUT2D eigenvalue weighted by atomic mass is 9.87. The first kappa shape index (κ1) is 25.3. The van der Waals surface area contributed by atoms with E-state index in [1.807, 2.05) is 20.9 Å². The Bertz CT molecular complexity index is 1220. The predicted octanol–water partition coefficient (Wildman–Crippen LogP) is 3.57. The van der Waals surface area contributed by atoms with Gasteiger partial charge in [-0.25, -0.2) is 19.3 Å². The van der Waals surface area contributed by atoms with Gasteiger partial charge in [0.2, 0.25) is 5.95 Å². The van der Waals surface area contributed by atoms with Crippen molar-refractivity contribution in [1.29, 1.82) is 0 Å². The first-order chi connectivity index (χ1) is 17.4. The lowest BCUT2D eigenvalue weighted by molar-refractivity contribution is -0.143. The van der Waals surface area contributed by atoms with Gasteiger partial charge in [-0.15, -0.1) is 0 Å². The third kappa shape index (κ3) is 5.86. The Kier molecular flexibility index (Phi) is 7.91. The van der Waals surface area contributed by atoms with Gasteiger partial charge in [-0.2, -0.15) is 10.1 Å². The molecule has 3 aromatic heterocycles. The van der Waals surface area contributed by atoms with E-state index in [1.165, 1.54) is 0 Å². The van der Waals surface area contributed by atoms with Crippen molar-refractivity contribution in [2.75, 3.05) is 17.2 Å². The normalized spacial score (nSPS) is 17.6. The van der Waals surface area contributed by atoms with Crippen LogP contribution in [-0.4, -0.2) is 53.4 Å². The molecule has 3 heterocycles. The van der Waals surface area contributed by atoms with Crippen LogP contribution in [0.3, 0.4) is 0 Å². The van der Waals surface area contributed by atoms with Crippen molar-refractivity contribution in [2.24, 2.45) is 13.0 Å². The Labute approximate surface area is 208 Å². The molecule has 1 fully saturated rings. The largest absolute Gasteiger partial charge is 0.487 e. The first-order valence-electron chi connectivity index (χ1n) is 12.1. The van der Waals surface area contributed by atoms with Crippen LogP contribution in [-0.2, 0) is 18.4 Å². The number of nitrogens with one attached hydrogen (secondary N) is 2. The summed E-state index contributed by atoms with van der Waals surface area (Å²) in [5.41, 5.74) is 2.19. The second-order valence-corrected chi connectivity index (χ2v) is 8.88. The fourth-order valence-corrected chi connectivity index (χ4v) is 4.20. The summed E-state index contributed by atoms with van der Waals surface area (Å²) in [5, 5.41) is 19.7. The minimum Gasteiger partial charge on any atom is -0.487 e. The molecule has 2 atom stereocenters. The van der Waals surface area contributed by atoms with Gasteiger partial charge in [0.25, 0.3) is 0 Å². The highest BCUT2D eigenvalue weighted by Crippen LogP contribution is 2.30. The van der Waals surface area contributed by atoms with E-state index in [-0.39, 0.29) is 23.8 Å². The van der Waals surface area contributed by atoms with E-state index in [9.17, 15) is 14.3 Å². The van der Waals surface area contributed by atoms with Crippen molar-refractivity contribution in [3.05, 3.63) is 35.8 Å². The van der Waals surface area contributed by atoms with Crippen LogP contribution in [0.2, 0.25) is 0 Å². The number of carbonyl (C=O) groups is 1. The summed E-state index contributed by atoms with van der Waals surface area (Å²) in [6.07, 6.45) is 7.91. The van der Waals surface area contributed by atoms with Crippen molar-refractivity contribution in [1.82, 2.24) is 29.7 Å². The lowest BCUT2D eigenvalue weighted by Gasteiger charge is -2.27. The van der Waals surface area contributed by atoms with Gasteiger partial charge >= 0.3 is 5.97 Å². The molecule has 0 aliphatic heterocycles. The maximum absolute atomic E-state index is 13.9. The summed E-state index contributed by atoms with van der Waals surface area (Å²) in [7, 11) is 1.81. The Morgan fingerprint density at radius 2 is 2.06 bits per heavy atom. The lowest BCUT2D eigenvalue weighted by Crippen LogP contribution is -2.29. The highest BCUT2D eigenvalue weighted by atomic mass is 19.1. The molecule has 3 aromatic rings. The molecular weight excluding hydrogens is 467 g/mol. The van der Waals surface area contributed by atoms with Crippen molar-refractivity contribution >= 4 is 17.7 Å². The highest BCUT2D eigenvalue weighted by Gasteiger charge is 2.28. The molecule has 36 heavy (non-hydrogen) atoms. The predicted molar refractivity (Wildman–Crippen MR) is 131 cm³/mol. The fraction of sp³-hybridized carbons (Fsp3) is 0.500. The zero-order valence-electron chi connectivity index (χ0n) is 20.7. The van der Waals surface area contributed by atoms with E-state index in [1.54, 1.807) is 17.1 Å². The van der Waals surface area contributed by atoms with Crippen LogP contribution in [0.4, 0.5) is 16.2 Å². The molecule has 0 bridgehead atoms. The molecule has 0 saturated heterocycles. The number of halogens is 1. The summed E-state index contributed by atoms with van der Waals surface area (Å²) in [6.45, 7) is 4.76. The molecule has 0 aromatic carbocycles.